The summed E-state index contributed by atoms with van der Waals surface area (Å²) in [5.41, 5.74) is 2.04. The Bertz CT molecular complexity index is 525. The number of nitrogens with one attached hydrogen (secondary N) is 1. The summed E-state index contributed by atoms with van der Waals surface area (Å²) in [5, 5.41) is 8.33. The van der Waals surface area contributed by atoms with Gasteiger partial charge in [-0.2, -0.15) is 0 Å². The van der Waals surface area contributed by atoms with E-state index in [9.17, 15) is 0 Å². The van der Waals surface area contributed by atoms with E-state index in [2.05, 4.69) is 0 Å². The lowest BCUT2D eigenvalue weighted by atomic mass is 10.2. The normalized spacial score (nSPS) is 10.1. The standard InChI is InChI=1S/C15H15NOS/c1-18-15(16)13-8-5-9-14(10-13)17-11-12-6-3-2-4-7-12/h2-10,16H,11H2,1H3. The van der Waals surface area contributed by atoms with Crippen LogP contribution in [0.1, 0.15) is 11.1 Å². The van der Waals surface area contributed by atoms with Crippen molar-refractivity contribution in [3.63, 3.8) is 0 Å². The molecular weight excluding hydrogens is 242 g/mol. The smallest absolute Gasteiger partial charge is 0.120 e. The van der Waals surface area contributed by atoms with Gasteiger partial charge in [-0.15, -0.1) is 11.8 Å². The van der Waals surface area contributed by atoms with Crippen molar-refractivity contribution in [3.8, 4) is 5.75 Å². The molecule has 2 aromatic rings. The Morgan fingerprint density at radius 1 is 1.11 bits per heavy atom. The van der Waals surface area contributed by atoms with Crippen molar-refractivity contribution >= 4 is 16.8 Å². The van der Waals surface area contributed by atoms with Gasteiger partial charge in [-0.05, 0) is 24.0 Å². The maximum Gasteiger partial charge on any atom is 0.120 e. The Kier molecular flexibility index (Phi) is 4.42. The molecule has 18 heavy (non-hydrogen) atoms. The predicted molar refractivity (Wildman–Crippen MR) is 77.6 cm³/mol. The van der Waals surface area contributed by atoms with E-state index in [0.717, 1.165) is 16.9 Å². The third-order valence-electron chi connectivity index (χ3n) is 2.55. The molecule has 2 nitrogen and oxygen atoms in total. The third-order valence-corrected chi connectivity index (χ3v) is 3.19. The fourth-order valence-electron chi connectivity index (χ4n) is 1.59. The van der Waals surface area contributed by atoms with Crippen LogP contribution in [0.25, 0.3) is 0 Å². The van der Waals surface area contributed by atoms with Gasteiger partial charge in [-0.25, -0.2) is 0 Å². The quantitative estimate of drug-likeness (QED) is 0.664. The minimum absolute atomic E-state index is 0.552. The first kappa shape index (κ1) is 12.7. The van der Waals surface area contributed by atoms with E-state index in [-0.39, 0.29) is 0 Å². The van der Waals surface area contributed by atoms with Crippen LogP contribution in [0.5, 0.6) is 5.75 Å². The van der Waals surface area contributed by atoms with E-state index in [1.54, 1.807) is 0 Å². The molecule has 1 N–H and O–H groups in total. The predicted octanol–water partition coefficient (Wildman–Crippen LogP) is 3.95. The summed E-state index contributed by atoms with van der Waals surface area (Å²) in [6.45, 7) is 0.552. The first-order valence-corrected chi connectivity index (χ1v) is 6.92. The molecule has 2 aromatic carbocycles. The van der Waals surface area contributed by atoms with Gasteiger partial charge >= 0.3 is 0 Å². The molecule has 3 heteroatoms. The Labute approximate surface area is 112 Å². The maximum atomic E-state index is 7.78. The van der Waals surface area contributed by atoms with Gasteiger partial charge in [0.2, 0.25) is 0 Å². The highest BCUT2D eigenvalue weighted by molar-refractivity contribution is 8.13. The number of hydrogen-bond acceptors (Lipinski definition) is 3. The van der Waals surface area contributed by atoms with Crippen molar-refractivity contribution in [2.24, 2.45) is 0 Å². The van der Waals surface area contributed by atoms with Gasteiger partial charge in [-0.1, -0.05) is 42.5 Å². The molecule has 0 fully saturated rings. The van der Waals surface area contributed by atoms with E-state index in [4.69, 9.17) is 10.1 Å². The van der Waals surface area contributed by atoms with Gasteiger partial charge < -0.3 is 4.74 Å². The Hall–Kier alpha value is -1.74. The molecule has 0 aliphatic heterocycles. The second kappa shape index (κ2) is 6.26. The summed E-state index contributed by atoms with van der Waals surface area (Å²) >= 11 is 1.43. The highest BCUT2D eigenvalue weighted by Crippen LogP contribution is 2.18. The van der Waals surface area contributed by atoms with Crippen LogP contribution < -0.4 is 4.74 Å². The zero-order valence-corrected chi connectivity index (χ0v) is 11.0. The molecule has 0 unspecified atom stereocenters. The van der Waals surface area contributed by atoms with Crippen molar-refractivity contribution in [2.75, 3.05) is 6.26 Å². The van der Waals surface area contributed by atoms with Crippen LogP contribution >= 0.6 is 11.8 Å². The van der Waals surface area contributed by atoms with Gasteiger partial charge in [0.1, 0.15) is 12.4 Å². The van der Waals surface area contributed by atoms with Crippen LogP contribution in [0.15, 0.2) is 54.6 Å². The topological polar surface area (TPSA) is 33.1 Å². The summed E-state index contributed by atoms with van der Waals surface area (Å²) in [4.78, 5) is 0. The molecule has 0 bridgehead atoms. The van der Waals surface area contributed by atoms with Gasteiger partial charge in [0.05, 0.1) is 5.04 Å². The van der Waals surface area contributed by atoms with Crippen molar-refractivity contribution in [1.29, 1.82) is 5.41 Å². The van der Waals surface area contributed by atoms with E-state index >= 15 is 0 Å². The Balaban J connectivity index is 2.04. The second-order valence-electron chi connectivity index (χ2n) is 3.84. The molecule has 92 valence electrons. The first-order valence-electron chi connectivity index (χ1n) is 5.69. The first-order chi connectivity index (χ1) is 8.79. The number of thioether (sulfide) groups is 1. The molecular formula is C15H15NOS. The summed E-state index contributed by atoms with van der Waals surface area (Å²) in [6.07, 6.45) is 1.90. The summed E-state index contributed by atoms with van der Waals surface area (Å²) in [5.74, 6) is 0.801. The SMILES string of the molecule is CSC(=N)c1cccc(OCc2ccccc2)c1. The maximum absolute atomic E-state index is 7.78. The lowest BCUT2D eigenvalue weighted by Gasteiger charge is -2.08. The number of hydrogen-bond donors (Lipinski definition) is 1. The number of benzene rings is 2. The van der Waals surface area contributed by atoms with Crippen LogP contribution in [0.3, 0.4) is 0 Å². The molecule has 0 saturated carbocycles. The average molecular weight is 257 g/mol. The lowest BCUT2D eigenvalue weighted by Crippen LogP contribution is -1.97. The van der Waals surface area contributed by atoms with Gasteiger partial charge in [0.25, 0.3) is 0 Å². The highest BCUT2D eigenvalue weighted by atomic mass is 32.2. The molecule has 0 saturated heterocycles. The van der Waals surface area contributed by atoms with Crippen molar-refractivity contribution in [3.05, 3.63) is 65.7 Å². The minimum atomic E-state index is 0.552. The fourth-order valence-corrected chi connectivity index (χ4v) is 1.95. The molecule has 0 amide bonds. The van der Waals surface area contributed by atoms with Crippen LogP contribution in [-0.2, 0) is 6.61 Å². The number of rotatable bonds is 4. The van der Waals surface area contributed by atoms with E-state index in [1.165, 1.54) is 11.8 Å². The molecule has 2 rings (SSSR count). The fraction of sp³-hybridized carbons (Fsp3) is 0.133. The summed E-state index contributed by atoms with van der Waals surface area (Å²) in [6, 6.07) is 17.7. The monoisotopic (exact) mass is 257 g/mol. The molecule has 0 atom stereocenters. The molecule has 0 heterocycles. The zero-order chi connectivity index (χ0) is 12.8. The van der Waals surface area contributed by atoms with Crippen LogP contribution in [0.2, 0.25) is 0 Å². The lowest BCUT2D eigenvalue weighted by molar-refractivity contribution is 0.306. The van der Waals surface area contributed by atoms with E-state index < -0.39 is 0 Å². The molecule has 0 aliphatic carbocycles. The van der Waals surface area contributed by atoms with Crippen LogP contribution in [0.4, 0.5) is 0 Å². The number of ether oxygens (including phenoxy) is 1. The Morgan fingerprint density at radius 2 is 1.89 bits per heavy atom. The summed E-state index contributed by atoms with van der Waals surface area (Å²) in [7, 11) is 0. The molecule has 0 radical (unpaired) electrons. The zero-order valence-electron chi connectivity index (χ0n) is 10.2. The highest BCUT2D eigenvalue weighted by Gasteiger charge is 2.01. The van der Waals surface area contributed by atoms with Crippen molar-refractivity contribution < 1.29 is 4.74 Å². The second-order valence-corrected chi connectivity index (χ2v) is 4.65. The van der Waals surface area contributed by atoms with Crippen LogP contribution in [-0.4, -0.2) is 11.3 Å². The largest absolute Gasteiger partial charge is 0.489 e. The summed E-state index contributed by atoms with van der Waals surface area (Å²) < 4.78 is 5.72. The van der Waals surface area contributed by atoms with Gasteiger partial charge in [0.15, 0.2) is 0 Å². The molecule has 0 aliphatic rings. The average Bonchev–Trinajstić information content (AvgIpc) is 2.45. The van der Waals surface area contributed by atoms with Crippen molar-refractivity contribution in [1.82, 2.24) is 0 Å². The van der Waals surface area contributed by atoms with E-state index in [0.29, 0.717) is 11.7 Å². The van der Waals surface area contributed by atoms with E-state index in [1.807, 2.05) is 60.9 Å². The van der Waals surface area contributed by atoms with Gasteiger partial charge in [0, 0.05) is 5.56 Å². The van der Waals surface area contributed by atoms with Crippen LogP contribution in [0, 0.1) is 5.41 Å². The molecule has 0 aromatic heterocycles. The van der Waals surface area contributed by atoms with Gasteiger partial charge in [-0.3, -0.25) is 5.41 Å². The molecule has 0 spiro atoms. The minimum Gasteiger partial charge on any atom is -0.489 e. The van der Waals surface area contributed by atoms with Crippen molar-refractivity contribution in [2.45, 2.75) is 6.61 Å². The third kappa shape index (κ3) is 3.37. The Morgan fingerprint density at radius 3 is 2.61 bits per heavy atom.